The molecular formula is C18H31N3O. The monoisotopic (exact) mass is 305 g/mol. The summed E-state index contributed by atoms with van der Waals surface area (Å²) in [5.41, 5.74) is -0.0203. The lowest BCUT2D eigenvalue weighted by molar-refractivity contribution is 0.259. The lowest BCUT2D eigenvalue weighted by Crippen LogP contribution is -2.27. The lowest BCUT2D eigenvalue weighted by atomic mass is 9.89. The van der Waals surface area contributed by atoms with Crippen molar-refractivity contribution in [1.82, 2.24) is 9.97 Å². The minimum atomic E-state index is -0.0203. The molecular weight excluding hydrogens is 274 g/mol. The first-order valence-corrected chi connectivity index (χ1v) is 8.63. The van der Waals surface area contributed by atoms with Crippen LogP contribution in [0.3, 0.4) is 0 Å². The van der Waals surface area contributed by atoms with E-state index in [2.05, 4.69) is 44.9 Å². The second kappa shape index (κ2) is 7.30. The van der Waals surface area contributed by atoms with Crippen LogP contribution in [0.2, 0.25) is 0 Å². The molecule has 0 aromatic carbocycles. The summed E-state index contributed by atoms with van der Waals surface area (Å²) in [5, 5.41) is 3.46. The van der Waals surface area contributed by atoms with Crippen LogP contribution >= 0.6 is 0 Å². The predicted molar refractivity (Wildman–Crippen MR) is 91.6 cm³/mol. The summed E-state index contributed by atoms with van der Waals surface area (Å²) in [6, 6.07) is 1.93. The third-order valence-corrected chi connectivity index (χ3v) is 3.76. The number of anilines is 1. The Kier molecular flexibility index (Phi) is 5.65. The smallest absolute Gasteiger partial charge is 0.218 e. The van der Waals surface area contributed by atoms with Gasteiger partial charge in [-0.25, -0.2) is 4.98 Å². The molecule has 0 atom stereocenters. The average Bonchev–Trinajstić information content (AvgIpc) is 2.44. The molecule has 2 rings (SSSR count). The van der Waals surface area contributed by atoms with Crippen LogP contribution in [0.1, 0.15) is 78.5 Å². The molecule has 22 heavy (non-hydrogen) atoms. The van der Waals surface area contributed by atoms with E-state index in [0.29, 0.717) is 24.3 Å². The van der Waals surface area contributed by atoms with Crippen LogP contribution < -0.4 is 10.1 Å². The molecule has 1 saturated carbocycles. The number of ether oxygens (including phenoxy) is 1. The Balaban J connectivity index is 2.22. The highest BCUT2D eigenvalue weighted by Gasteiger charge is 2.21. The maximum absolute atomic E-state index is 5.86. The third-order valence-electron chi connectivity index (χ3n) is 3.76. The van der Waals surface area contributed by atoms with Gasteiger partial charge in [0.15, 0.2) is 0 Å². The summed E-state index contributed by atoms with van der Waals surface area (Å²) >= 11 is 0. The van der Waals surface area contributed by atoms with E-state index in [1.54, 1.807) is 0 Å². The summed E-state index contributed by atoms with van der Waals surface area (Å²) in [6.07, 6.45) is 6.30. The van der Waals surface area contributed by atoms with Gasteiger partial charge in [-0.1, -0.05) is 33.1 Å². The molecule has 4 heteroatoms. The molecule has 1 aromatic heterocycles. The van der Waals surface area contributed by atoms with Gasteiger partial charge in [-0.3, -0.25) is 0 Å². The molecule has 0 unspecified atom stereocenters. The maximum atomic E-state index is 5.86. The van der Waals surface area contributed by atoms with Gasteiger partial charge < -0.3 is 10.1 Å². The van der Waals surface area contributed by atoms with Gasteiger partial charge in [0.05, 0.1) is 6.61 Å². The standard InChI is InChI=1S/C18H31N3O/c1-13(2)12-22-16-11-15(21-18(3,4)5)19-17(20-16)14-9-7-6-8-10-14/h11,13-14H,6-10,12H2,1-5H3,(H,19,20,21). The Bertz CT molecular complexity index is 474. The first-order valence-electron chi connectivity index (χ1n) is 8.63. The second-order valence-electron chi connectivity index (χ2n) is 7.86. The molecule has 1 aromatic rings. The molecule has 1 heterocycles. The zero-order chi connectivity index (χ0) is 16.2. The van der Waals surface area contributed by atoms with Crippen LogP contribution in [0.4, 0.5) is 5.82 Å². The van der Waals surface area contributed by atoms with E-state index >= 15 is 0 Å². The molecule has 0 aliphatic heterocycles. The third kappa shape index (κ3) is 5.47. The highest BCUT2D eigenvalue weighted by atomic mass is 16.5. The maximum Gasteiger partial charge on any atom is 0.218 e. The number of hydrogen-bond acceptors (Lipinski definition) is 4. The fourth-order valence-corrected chi connectivity index (χ4v) is 2.76. The fourth-order valence-electron chi connectivity index (χ4n) is 2.76. The van der Waals surface area contributed by atoms with Gasteiger partial charge in [-0.15, -0.1) is 0 Å². The van der Waals surface area contributed by atoms with Gasteiger partial charge in [0.1, 0.15) is 11.6 Å². The average molecular weight is 305 g/mol. The molecule has 0 bridgehead atoms. The second-order valence-corrected chi connectivity index (χ2v) is 7.86. The molecule has 0 amide bonds. The van der Waals surface area contributed by atoms with Gasteiger partial charge in [0.2, 0.25) is 5.88 Å². The molecule has 1 aliphatic rings. The quantitative estimate of drug-likeness (QED) is 0.851. The van der Waals surface area contributed by atoms with Gasteiger partial charge in [0, 0.05) is 17.5 Å². The Hall–Kier alpha value is -1.32. The van der Waals surface area contributed by atoms with E-state index in [0.717, 1.165) is 11.6 Å². The van der Waals surface area contributed by atoms with Crippen molar-refractivity contribution in [2.24, 2.45) is 5.92 Å². The predicted octanol–water partition coefficient (Wildman–Crippen LogP) is 4.77. The van der Waals surface area contributed by atoms with Crippen LogP contribution in [0.5, 0.6) is 5.88 Å². The number of nitrogens with one attached hydrogen (secondary N) is 1. The van der Waals surface area contributed by atoms with Crippen LogP contribution in [-0.2, 0) is 0 Å². The number of nitrogens with zero attached hydrogens (tertiary/aromatic N) is 2. The minimum Gasteiger partial charge on any atom is -0.477 e. The summed E-state index contributed by atoms with van der Waals surface area (Å²) in [6.45, 7) is 11.4. The topological polar surface area (TPSA) is 47.0 Å². The molecule has 0 radical (unpaired) electrons. The Morgan fingerprint density at radius 3 is 2.45 bits per heavy atom. The van der Waals surface area contributed by atoms with Crippen molar-refractivity contribution in [3.63, 3.8) is 0 Å². The lowest BCUT2D eigenvalue weighted by Gasteiger charge is -2.24. The van der Waals surface area contributed by atoms with Crippen LogP contribution in [0.15, 0.2) is 6.07 Å². The summed E-state index contributed by atoms with van der Waals surface area (Å²) in [7, 11) is 0. The van der Waals surface area contributed by atoms with Crippen molar-refractivity contribution in [2.75, 3.05) is 11.9 Å². The van der Waals surface area contributed by atoms with Crippen molar-refractivity contribution in [3.8, 4) is 5.88 Å². The molecule has 124 valence electrons. The summed E-state index contributed by atoms with van der Waals surface area (Å²) in [4.78, 5) is 9.45. The van der Waals surface area contributed by atoms with Crippen molar-refractivity contribution in [3.05, 3.63) is 11.9 Å². The van der Waals surface area contributed by atoms with Crippen molar-refractivity contribution < 1.29 is 4.74 Å². The molecule has 0 saturated heterocycles. The van der Waals surface area contributed by atoms with Crippen molar-refractivity contribution in [2.45, 2.75) is 78.2 Å². The zero-order valence-electron chi connectivity index (χ0n) is 14.8. The highest BCUT2D eigenvalue weighted by Crippen LogP contribution is 2.32. The van der Waals surface area contributed by atoms with E-state index in [4.69, 9.17) is 9.72 Å². The Morgan fingerprint density at radius 2 is 1.86 bits per heavy atom. The molecule has 1 aliphatic carbocycles. The van der Waals surface area contributed by atoms with E-state index in [1.807, 2.05) is 6.07 Å². The molecule has 4 nitrogen and oxygen atoms in total. The Labute approximate surface area is 135 Å². The van der Waals surface area contributed by atoms with Gasteiger partial charge in [0.25, 0.3) is 0 Å². The van der Waals surface area contributed by atoms with Crippen LogP contribution in [-0.4, -0.2) is 22.1 Å². The fraction of sp³-hybridized carbons (Fsp3) is 0.778. The SMILES string of the molecule is CC(C)COc1cc(NC(C)(C)C)nc(C2CCCCC2)n1. The minimum absolute atomic E-state index is 0.0203. The molecule has 0 spiro atoms. The molecule has 1 N–H and O–H groups in total. The van der Waals surface area contributed by atoms with E-state index in [-0.39, 0.29) is 5.54 Å². The normalized spacial score (nSPS) is 16.8. The van der Waals surface area contributed by atoms with Crippen LogP contribution in [0.25, 0.3) is 0 Å². The number of rotatable bonds is 5. The first kappa shape index (κ1) is 17.0. The van der Waals surface area contributed by atoms with Crippen molar-refractivity contribution >= 4 is 5.82 Å². The largest absolute Gasteiger partial charge is 0.477 e. The highest BCUT2D eigenvalue weighted by molar-refractivity contribution is 5.41. The summed E-state index contributed by atoms with van der Waals surface area (Å²) < 4.78 is 5.86. The van der Waals surface area contributed by atoms with Gasteiger partial charge in [-0.2, -0.15) is 4.98 Å². The molecule has 1 fully saturated rings. The van der Waals surface area contributed by atoms with E-state index in [1.165, 1.54) is 32.1 Å². The van der Waals surface area contributed by atoms with Crippen molar-refractivity contribution in [1.29, 1.82) is 0 Å². The zero-order valence-corrected chi connectivity index (χ0v) is 14.8. The number of hydrogen-bond donors (Lipinski definition) is 1. The Morgan fingerprint density at radius 1 is 1.18 bits per heavy atom. The summed E-state index contributed by atoms with van der Waals surface area (Å²) in [5.74, 6) is 3.51. The van der Waals surface area contributed by atoms with Gasteiger partial charge in [-0.05, 0) is 39.5 Å². The number of aromatic nitrogens is 2. The van der Waals surface area contributed by atoms with Crippen LogP contribution in [0, 0.1) is 5.92 Å². The van der Waals surface area contributed by atoms with E-state index in [9.17, 15) is 0 Å². The van der Waals surface area contributed by atoms with E-state index < -0.39 is 0 Å². The van der Waals surface area contributed by atoms with Gasteiger partial charge >= 0.3 is 0 Å². The first-order chi connectivity index (χ1) is 10.3.